The molecule has 0 aromatic heterocycles. The van der Waals surface area contributed by atoms with Crippen LogP contribution in [0, 0.1) is 0 Å². The second-order valence-corrected chi connectivity index (χ2v) is 4.18. The van der Waals surface area contributed by atoms with E-state index in [-0.39, 0.29) is 11.9 Å². The maximum Gasteiger partial charge on any atom is 0.407 e. The molecule has 1 aromatic rings. The maximum atomic E-state index is 10.9. The van der Waals surface area contributed by atoms with E-state index in [4.69, 9.17) is 9.47 Å². The lowest BCUT2D eigenvalue weighted by molar-refractivity contribution is 0.141. The number of methoxy groups -OCH3 is 1. The monoisotopic (exact) mass is 287 g/mol. The molecule has 86 valence electrons. The molecular formula is C10H10BrNO4. The van der Waals surface area contributed by atoms with Crippen LogP contribution in [-0.4, -0.2) is 24.9 Å². The van der Waals surface area contributed by atoms with Crippen LogP contribution in [0.3, 0.4) is 0 Å². The van der Waals surface area contributed by atoms with Crippen molar-refractivity contribution in [1.82, 2.24) is 5.32 Å². The zero-order valence-electron chi connectivity index (χ0n) is 8.49. The fourth-order valence-electron chi connectivity index (χ4n) is 1.51. The van der Waals surface area contributed by atoms with Crippen LogP contribution in [0.15, 0.2) is 16.6 Å². The van der Waals surface area contributed by atoms with Crippen LogP contribution in [0.25, 0.3) is 0 Å². The number of nitrogens with one attached hydrogen (secondary N) is 1. The van der Waals surface area contributed by atoms with Gasteiger partial charge in [-0.2, -0.15) is 0 Å². The summed E-state index contributed by atoms with van der Waals surface area (Å²) in [6.07, 6.45) is -0.786. The third-order valence-corrected chi connectivity index (χ3v) is 2.93. The Hall–Kier alpha value is -1.43. The Kier molecular flexibility index (Phi) is 2.91. The van der Waals surface area contributed by atoms with Crippen molar-refractivity contribution in [1.29, 1.82) is 0 Å². The molecule has 1 amide bonds. The van der Waals surface area contributed by atoms with E-state index in [1.807, 2.05) is 0 Å². The molecule has 0 bridgehead atoms. The third-order valence-electron chi connectivity index (χ3n) is 2.32. The number of carbonyl (C=O) groups is 1. The van der Waals surface area contributed by atoms with Crippen LogP contribution in [0.4, 0.5) is 4.79 Å². The summed E-state index contributed by atoms with van der Waals surface area (Å²) in [5.74, 6) is 0.371. The second kappa shape index (κ2) is 4.21. The van der Waals surface area contributed by atoms with Crippen LogP contribution in [-0.2, 0) is 4.74 Å². The molecule has 0 spiro atoms. The Morgan fingerprint density at radius 2 is 2.38 bits per heavy atom. The normalized spacial score (nSPS) is 19.1. The maximum absolute atomic E-state index is 10.9. The lowest BCUT2D eigenvalue weighted by atomic mass is 10.1. The van der Waals surface area contributed by atoms with Crippen molar-refractivity contribution in [2.75, 3.05) is 13.7 Å². The van der Waals surface area contributed by atoms with Crippen molar-refractivity contribution in [3.63, 3.8) is 0 Å². The van der Waals surface area contributed by atoms with Crippen LogP contribution in [0.5, 0.6) is 11.5 Å². The highest BCUT2D eigenvalue weighted by atomic mass is 79.9. The molecule has 0 aliphatic carbocycles. The molecule has 1 aromatic carbocycles. The highest BCUT2D eigenvalue weighted by Crippen LogP contribution is 2.37. The minimum Gasteiger partial charge on any atom is -0.503 e. The Morgan fingerprint density at radius 1 is 1.62 bits per heavy atom. The minimum atomic E-state index is -0.437. The van der Waals surface area contributed by atoms with Crippen LogP contribution < -0.4 is 10.1 Å². The quantitative estimate of drug-likeness (QED) is 0.872. The first-order chi connectivity index (χ1) is 7.61. The van der Waals surface area contributed by atoms with E-state index < -0.39 is 6.09 Å². The van der Waals surface area contributed by atoms with Gasteiger partial charge in [0, 0.05) is 0 Å². The molecule has 2 rings (SSSR count). The number of aromatic hydroxyl groups is 1. The van der Waals surface area contributed by atoms with Gasteiger partial charge in [-0.25, -0.2) is 4.79 Å². The summed E-state index contributed by atoms with van der Waals surface area (Å²) in [6, 6.07) is 3.34. The SMILES string of the molecule is COc1cc(C2CNC(=O)O2)cc(Br)c1O. The Bertz CT molecular complexity index is 435. The van der Waals surface area contributed by atoms with E-state index in [1.54, 1.807) is 12.1 Å². The predicted octanol–water partition coefficient (Wildman–Crippen LogP) is 1.94. The minimum absolute atomic E-state index is 0.0310. The number of ether oxygens (including phenoxy) is 2. The fraction of sp³-hybridized carbons (Fsp3) is 0.300. The number of rotatable bonds is 2. The highest BCUT2D eigenvalue weighted by molar-refractivity contribution is 9.10. The molecule has 1 saturated heterocycles. The van der Waals surface area contributed by atoms with Gasteiger partial charge in [0.25, 0.3) is 0 Å². The predicted molar refractivity (Wildman–Crippen MR) is 59.6 cm³/mol. The molecule has 0 radical (unpaired) electrons. The first-order valence-electron chi connectivity index (χ1n) is 4.62. The summed E-state index contributed by atoms with van der Waals surface area (Å²) in [4.78, 5) is 10.9. The molecule has 5 nitrogen and oxygen atoms in total. The van der Waals surface area contributed by atoms with Crippen molar-refractivity contribution >= 4 is 22.0 Å². The summed E-state index contributed by atoms with van der Waals surface area (Å²) < 4.78 is 10.6. The lowest BCUT2D eigenvalue weighted by Crippen LogP contribution is -2.12. The van der Waals surface area contributed by atoms with Gasteiger partial charge in [0.05, 0.1) is 18.1 Å². The van der Waals surface area contributed by atoms with Crippen LogP contribution in [0.1, 0.15) is 11.7 Å². The molecule has 1 aliphatic heterocycles. The number of halogens is 1. The highest BCUT2D eigenvalue weighted by Gasteiger charge is 2.25. The van der Waals surface area contributed by atoms with Gasteiger partial charge in [0.1, 0.15) is 6.10 Å². The number of carbonyl (C=O) groups excluding carboxylic acids is 1. The van der Waals surface area contributed by atoms with Crippen molar-refractivity contribution < 1.29 is 19.4 Å². The average Bonchev–Trinajstić information content (AvgIpc) is 2.69. The summed E-state index contributed by atoms with van der Waals surface area (Å²) in [5.41, 5.74) is 0.764. The summed E-state index contributed by atoms with van der Waals surface area (Å²) >= 11 is 3.21. The van der Waals surface area contributed by atoms with Gasteiger partial charge in [-0.3, -0.25) is 0 Å². The third kappa shape index (κ3) is 1.92. The Balaban J connectivity index is 2.35. The second-order valence-electron chi connectivity index (χ2n) is 3.33. The van der Waals surface area contributed by atoms with Crippen molar-refractivity contribution in [3.8, 4) is 11.5 Å². The standard InChI is InChI=1S/C10H10BrNO4/c1-15-7-3-5(2-6(11)9(7)13)8-4-12-10(14)16-8/h2-3,8,13H,4H2,1H3,(H,12,14). The van der Waals surface area contributed by atoms with E-state index >= 15 is 0 Å². The Labute approximate surface area is 100 Å². The first-order valence-corrected chi connectivity index (χ1v) is 5.42. The number of phenols is 1. The fourth-order valence-corrected chi connectivity index (χ4v) is 1.97. The van der Waals surface area contributed by atoms with Gasteiger partial charge in [-0.1, -0.05) is 0 Å². The largest absolute Gasteiger partial charge is 0.503 e. The van der Waals surface area contributed by atoms with Crippen LogP contribution in [0.2, 0.25) is 0 Å². The van der Waals surface area contributed by atoms with E-state index in [1.165, 1.54) is 7.11 Å². The van der Waals surface area contributed by atoms with Crippen molar-refractivity contribution in [2.45, 2.75) is 6.10 Å². The number of hydrogen-bond donors (Lipinski definition) is 2. The van der Waals surface area contributed by atoms with Gasteiger partial charge in [-0.15, -0.1) is 0 Å². The van der Waals surface area contributed by atoms with Crippen molar-refractivity contribution in [2.24, 2.45) is 0 Å². The zero-order chi connectivity index (χ0) is 11.7. The van der Waals surface area contributed by atoms with E-state index in [2.05, 4.69) is 21.2 Å². The van der Waals surface area contributed by atoms with Gasteiger partial charge in [0.2, 0.25) is 0 Å². The summed E-state index contributed by atoms with van der Waals surface area (Å²) in [6.45, 7) is 0.416. The number of phenolic OH excluding ortho intramolecular Hbond substituents is 1. The number of hydrogen-bond acceptors (Lipinski definition) is 4. The van der Waals surface area contributed by atoms with Crippen molar-refractivity contribution in [3.05, 3.63) is 22.2 Å². The molecule has 0 saturated carbocycles. The van der Waals surface area contributed by atoms with E-state index in [0.717, 1.165) is 5.56 Å². The summed E-state index contributed by atoms with van der Waals surface area (Å²) in [5, 5.41) is 12.2. The molecule has 6 heteroatoms. The van der Waals surface area contributed by atoms with E-state index in [0.29, 0.717) is 16.8 Å². The molecule has 1 heterocycles. The van der Waals surface area contributed by atoms with Gasteiger partial charge in [-0.05, 0) is 33.6 Å². The first kappa shape index (κ1) is 11.1. The molecule has 1 fully saturated rings. The average molecular weight is 288 g/mol. The number of cyclic esters (lactones) is 1. The van der Waals surface area contributed by atoms with Crippen LogP contribution >= 0.6 is 15.9 Å². The molecule has 16 heavy (non-hydrogen) atoms. The topological polar surface area (TPSA) is 67.8 Å². The lowest BCUT2D eigenvalue weighted by Gasteiger charge is -2.12. The number of benzene rings is 1. The summed E-state index contributed by atoms with van der Waals surface area (Å²) in [7, 11) is 1.46. The number of alkyl carbamates (subject to hydrolysis) is 1. The molecule has 2 N–H and O–H groups in total. The van der Waals surface area contributed by atoms with E-state index in [9.17, 15) is 9.90 Å². The Morgan fingerprint density at radius 3 is 2.94 bits per heavy atom. The molecular weight excluding hydrogens is 278 g/mol. The van der Waals surface area contributed by atoms with Gasteiger partial charge < -0.3 is 19.9 Å². The molecule has 1 aliphatic rings. The zero-order valence-corrected chi connectivity index (χ0v) is 10.1. The smallest absolute Gasteiger partial charge is 0.407 e. The molecule has 1 atom stereocenters. The van der Waals surface area contributed by atoms with Gasteiger partial charge in [0.15, 0.2) is 11.5 Å². The number of amides is 1. The van der Waals surface area contributed by atoms with Gasteiger partial charge >= 0.3 is 6.09 Å². The molecule has 1 unspecified atom stereocenters.